The van der Waals surface area contributed by atoms with E-state index in [9.17, 15) is 18.4 Å². The van der Waals surface area contributed by atoms with Crippen LogP contribution in [-0.4, -0.2) is 52.2 Å². The summed E-state index contributed by atoms with van der Waals surface area (Å²) in [5.41, 5.74) is 0.0744. The summed E-state index contributed by atoms with van der Waals surface area (Å²) < 4.78 is 37.0. The van der Waals surface area contributed by atoms with Crippen LogP contribution in [-0.2, 0) is 11.3 Å². The molecule has 2 aliphatic heterocycles. The number of hydrogen-bond acceptors (Lipinski definition) is 5. The van der Waals surface area contributed by atoms with Crippen molar-refractivity contribution in [1.29, 1.82) is 0 Å². The number of piperidine rings is 1. The Hall–Kier alpha value is -2.97. The van der Waals surface area contributed by atoms with Gasteiger partial charge in [-0.2, -0.15) is 0 Å². The third-order valence-electron chi connectivity index (χ3n) is 5.21. The fourth-order valence-corrected chi connectivity index (χ4v) is 3.68. The van der Waals surface area contributed by atoms with E-state index >= 15 is 0 Å². The first-order chi connectivity index (χ1) is 13.3. The second-order valence-electron chi connectivity index (χ2n) is 7.27. The number of halogens is 2. The molecule has 0 atom stereocenters. The van der Waals surface area contributed by atoms with E-state index in [0.717, 1.165) is 12.1 Å². The molecule has 3 heterocycles. The Labute approximate surface area is 159 Å². The molecule has 2 aromatic rings. The maximum atomic E-state index is 13.4. The van der Waals surface area contributed by atoms with Gasteiger partial charge in [-0.3, -0.25) is 9.69 Å². The Morgan fingerprint density at radius 1 is 1.21 bits per heavy atom. The molecule has 148 valence electrons. The molecule has 0 radical (unpaired) electrons. The summed E-state index contributed by atoms with van der Waals surface area (Å²) in [6, 6.07) is 5.15. The van der Waals surface area contributed by atoms with Gasteiger partial charge in [0.05, 0.1) is 6.54 Å². The number of aromatic nitrogens is 1. The highest BCUT2D eigenvalue weighted by atomic mass is 19.2. The third kappa shape index (κ3) is 3.44. The van der Waals surface area contributed by atoms with Crippen LogP contribution in [0.1, 0.15) is 34.7 Å². The first-order valence-electron chi connectivity index (χ1n) is 9.00. The molecule has 28 heavy (non-hydrogen) atoms. The molecule has 1 spiro atoms. The largest absolute Gasteiger partial charge is 0.441 e. The summed E-state index contributed by atoms with van der Waals surface area (Å²) in [5.74, 6) is -1.53. The molecule has 2 fully saturated rings. The number of amides is 2. The van der Waals surface area contributed by atoms with E-state index in [-0.39, 0.29) is 18.1 Å². The van der Waals surface area contributed by atoms with Gasteiger partial charge in [0, 0.05) is 38.5 Å². The van der Waals surface area contributed by atoms with E-state index in [0.29, 0.717) is 43.8 Å². The van der Waals surface area contributed by atoms with Crippen molar-refractivity contribution >= 4 is 12.0 Å². The molecular weight excluding hydrogens is 372 g/mol. The van der Waals surface area contributed by atoms with Crippen LogP contribution in [0, 0.1) is 18.6 Å². The highest BCUT2D eigenvalue weighted by Gasteiger charge is 2.47. The van der Waals surface area contributed by atoms with Crippen molar-refractivity contribution < 1.29 is 27.6 Å². The van der Waals surface area contributed by atoms with Crippen LogP contribution in [0.3, 0.4) is 0 Å². The highest BCUT2D eigenvalue weighted by Crippen LogP contribution is 2.34. The molecule has 0 N–H and O–H groups in total. The SMILES string of the molecule is Cc1cc(C(=O)N2CCC3(CC2)CN(Cc2ccc(F)c(F)c2)C(=O)O3)no1. The summed E-state index contributed by atoms with van der Waals surface area (Å²) in [4.78, 5) is 27.9. The second kappa shape index (κ2) is 6.88. The normalized spacial score (nSPS) is 18.6. The molecule has 7 nitrogen and oxygen atoms in total. The first kappa shape index (κ1) is 18.4. The molecular formula is C19H19F2N3O4. The molecule has 2 aliphatic rings. The summed E-state index contributed by atoms with van der Waals surface area (Å²) in [7, 11) is 0. The number of likely N-dealkylation sites (tertiary alicyclic amines) is 1. The van der Waals surface area contributed by atoms with Crippen LogP contribution in [0.4, 0.5) is 13.6 Å². The summed E-state index contributed by atoms with van der Waals surface area (Å²) in [6.45, 7) is 3.05. The van der Waals surface area contributed by atoms with E-state index in [2.05, 4.69) is 5.16 Å². The van der Waals surface area contributed by atoms with E-state index in [1.165, 1.54) is 11.0 Å². The van der Waals surface area contributed by atoms with Gasteiger partial charge in [-0.1, -0.05) is 11.2 Å². The van der Waals surface area contributed by atoms with E-state index in [1.54, 1.807) is 17.9 Å². The molecule has 0 saturated carbocycles. The van der Waals surface area contributed by atoms with Gasteiger partial charge in [0.15, 0.2) is 17.3 Å². The van der Waals surface area contributed by atoms with Crippen LogP contribution in [0.25, 0.3) is 0 Å². The van der Waals surface area contributed by atoms with Gasteiger partial charge >= 0.3 is 6.09 Å². The maximum absolute atomic E-state index is 13.4. The van der Waals surface area contributed by atoms with Gasteiger partial charge in [0.2, 0.25) is 0 Å². The zero-order valence-electron chi connectivity index (χ0n) is 15.3. The number of benzene rings is 1. The molecule has 0 bridgehead atoms. The standard InChI is InChI=1S/C19H19F2N3O4/c1-12-8-16(22-28-12)17(25)23-6-4-19(5-7-23)11-24(18(26)27-19)10-13-2-3-14(20)15(21)9-13/h2-3,8-9H,4-7,10-11H2,1H3. The van der Waals surface area contributed by atoms with Crippen LogP contribution < -0.4 is 0 Å². The first-order valence-corrected chi connectivity index (χ1v) is 9.00. The smallest absolute Gasteiger partial charge is 0.410 e. The van der Waals surface area contributed by atoms with Crippen LogP contribution >= 0.6 is 0 Å². The number of aryl methyl sites for hydroxylation is 1. The van der Waals surface area contributed by atoms with Crippen molar-refractivity contribution in [2.75, 3.05) is 19.6 Å². The molecule has 0 aliphatic carbocycles. The molecule has 9 heteroatoms. The third-order valence-corrected chi connectivity index (χ3v) is 5.21. The van der Waals surface area contributed by atoms with E-state index < -0.39 is 23.3 Å². The zero-order valence-corrected chi connectivity index (χ0v) is 15.3. The lowest BCUT2D eigenvalue weighted by Gasteiger charge is -2.37. The quantitative estimate of drug-likeness (QED) is 0.804. The summed E-state index contributed by atoms with van der Waals surface area (Å²) in [6.07, 6.45) is 0.502. The van der Waals surface area contributed by atoms with Crippen molar-refractivity contribution in [3.8, 4) is 0 Å². The number of hydrogen-bond donors (Lipinski definition) is 0. The molecule has 2 amide bonds. The topological polar surface area (TPSA) is 75.9 Å². The number of carbonyl (C=O) groups excluding carboxylic acids is 2. The molecule has 1 aromatic heterocycles. The minimum Gasteiger partial charge on any atom is -0.441 e. The van der Waals surface area contributed by atoms with Crippen molar-refractivity contribution in [2.24, 2.45) is 0 Å². The van der Waals surface area contributed by atoms with Gasteiger partial charge in [0.25, 0.3) is 5.91 Å². The Bertz CT molecular complexity index is 922. The fourth-order valence-electron chi connectivity index (χ4n) is 3.68. The minimum atomic E-state index is -0.949. The Morgan fingerprint density at radius 2 is 1.96 bits per heavy atom. The average molecular weight is 391 g/mol. The Balaban J connectivity index is 1.38. The van der Waals surface area contributed by atoms with Gasteiger partial charge in [-0.05, 0) is 24.6 Å². The minimum absolute atomic E-state index is 0.138. The maximum Gasteiger partial charge on any atom is 0.410 e. The summed E-state index contributed by atoms with van der Waals surface area (Å²) in [5, 5.41) is 3.75. The van der Waals surface area contributed by atoms with Crippen molar-refractivity contribution in [2.45, 2.75) is 31.9 Å². The Morgan fingerprint density at radius 3 is 2.61 bits per heavy atom. The van der Waals surface area contributed by atoms with Crippen molar-refractivity contribution in [1.82, 2.24) is 15.0 Å². The molecule has 0 unspecified atom stereocenters. The number of ether oxygens (including phenoxy) is 1. The van der Waals surface area contributed by atoms with Gasteiger partial charge < -0.3 is 14.2 Å². The highest BCUT2D eigenvalue weighted by molar-refractivity contribution is 5.92. The molecule has 1 aromatic carbocycles. The van der Waals surface area contributed by atoms with Crippen LogP contribution in [0.5, 0.6) is 0 Å². The lowest BCUT2D eigenvalue weighted by molar-refractivity contribution is 0.00286. The van der Waals surface area contributed by atoms with Crippen LogP contribution in [0.2, 0.25) is 0 Å². The van der Waals surface area contributed by atoms with E-state index in [1.807, 2.05) is 0 Å². The van der Waals surface area contributed by atoms with Crippen molar-refractivity contribution in [3.05, 3.63) is 52.9 Å². The van der Waals surface area contributed by atoms with Gasteiger partial charge in [-0.15, -0.1) is 0 Å². The monoisotopic (exact) mass is 391 g/mol. The number of rotatable bonds is 3. The average Bonchev–Trinajstić information content (AvgIpc) is 3.22. The fraction of sp³-hybridized carbons (Fsp3) is 0.421. The molecule has 2 saturated heterocycles. The lowest BCUT2D eigenvalue weighted by Crippen LogP contribution is -2.48. The predicted octanol–water partition coefficient (Wildman–Crippen LogP) is 2.89. The van der Waals surface area contributed by atoms with Gasteiger partial charge in [-0.25, -0.2) is 13.6 Å². The lowest BCUT2D eigenvalue weighted by atomic mass is 9.91. The summed E-state index contributed by atoms with van der Waals surface area (Å²) >= 11 is 0. The Kier molecular flexibility index (Phi) is 4.52. The predicted molar refractivity (Wildman–Crippen MR) is 92.4 cm³/mol. The number of carbonyl (C=O) groups is 2. The molecule has 4 rings (SSSR count). The zero-order chi connectivity index (χ0) is 19.9. The van der Waals surface area contributed by atoms with Crippen LogP contribution in [0.15, 0.2) is 28.8 Å². The number of nitrogens with zero attached hydrogens (tertiary/aromatic N) is 3. The second-order valence-corrected chi connectivity index (χ2v) is 7.27. The van der Waals surface area contributed by atoms with Gasteiger partial charge in [0.1, 0.15) is 11.4 Å². The van der Waals surface area contributed by atoms with Crippen molar-refractivity contribution in [3.63, 3.8) is 0 Å². The van der Waals surface area contributed by atoms with E-state index in [4.69, 9.17) is 9.26 Å².